The molecule has 3 N–H and O–H groups in total. The number of thiazole rings is 1. The Morgan fingerprint density at radius 3 is 2.54 bits per heavy atom. The van der Waals surface area contributed by atoms with Crippen molar-refractivity contribution in [3.8, 4) is 0 Å². The van der Waals surface area contributed by atoms with Gasteiger partial charge in [0, 0.05) is 18.4 Å². The normalized spacial score (nSPS) is 11.0. The lowest BCUT2D eigenvalue weighted by atomic mass is 10.2. The lowest BCUT2D eigenvalue weighted by Gasteiger charge is -2.06. The molecule has 0 bridgehead atoms. The Labute approximate surface area is 168 Å². The van der Waals surface area contributed by atoms with Crippen LogP contribution in [-0.4, -0.2) is 22.0 Å². The summed E-state index contributed by atoms with van der Waals surface area (Å²) in [5.74, 6) is 1.60. The largest absolute Gasteiger partial charge is 0.340 e. The Bertz CT molecular complexity index is 1100. The van der Waals surface area contributed by atoms with E-state index in [0.717, 1.165) is 44.9 Å². The molecular formula is C21H22N6S. The number of hydrogen-bond donors (Lipinski definition) is 3. The third-order valence-electron chi connectivity index (χ3n) is 4.32. The van der Waals surface area contributed by atoms with E-state index in [1.54, 1.807) is 6.20 Å². The number of nitrogens with zero attached hydrogens (tertiary/aromatic N) is 3. The molecule has 28 heavy (non-hydrogen) atoms. The number of aryl methyl sites for hydroxylation is 2. The van der Waals surface area contributed by atoms with E-state index in [1.807, 2.05) is 25.2 Å². The van der Waals surface area contributed by atoms with E-state index in [9.17, 15) is 0 Å². The molecule has 7 heteroatoms. The summed E-state index contributed by atoms with van der Waals surface area (Å²) in [7, 11) is 1.93. The highest BCUT2D eigenvalue weighted by molar-refractivity contribution is 7.21. The zero-order valence-corrected chi connectivity index (χ0v) is 16.9. The van der Waals surface area contributed by atoms with Crippen LogP contribution >= 0.6 is 11.3 Å². The highest BCUT2D eigenvalue weighted by atomic mass is 32.1. The van der Waals surface area contributed by atoms with E-state index in [-0.39, 0.29) is 0 Å². The molecule has 0 radical (unpaired) electrons. The van der Waals surface area contributed by atoms with Crippen molar-refractivity contribution in [2.45, 2.75) is 20.4 Å². The average molecular weight is 391 g/mol. The van der Waals surface area contributed by atoms with Crippen molar-refractivity contribution >= 4 is 44.1 Å². The van der Waals surface area contributed by atoms with Crippen molar-refractivity contribution in [1.82, 2.24) is 20.3 Å². The fourth-order valence-electron chi connectivity index (χ4n) is 2.93. The van der Waals surface area contributed by atoms with Gasteiger partial charge in [-0.25, -0.2) is 15.0 Å². The summed E-state index contributed by atoms with van der Waals surface area (Å²) in [6.07, 6.45) is 1.80. The molecule has 0 unspecified atom stereocenters. The molecule has 3 heterocycles. The van der Waals surface area contributed by atoms with Crippen LogP contribution in [0.15, 0.2) is 48.7 Å². The van der Waals surface area contributed by atoms with Gasteiger partial charge in [0.05, 0.1) is 0 Å². The van der Waals surface area contributed by atoms with E-state index in [0.29, 0.717) is 0 Å². The number of aromatic nitrogens is 3. The smallest absolute Gasteiger partial charge is 0.190 e. The Morgan fingerprint density at radius 2 is 1.75 bits per heavy atom. The number of nitrogens with one attached hydrogen (secondary N) is 3. The van der Waals surface area contributed by atoms with E-state index in [2.05, 4.69) is 59.0 Å². The maximum atomic E-state index is 4.74. The second kappa shape index (κ2) is 7.92. The molecule has 0 atom stereocenters. The van der Waals surface area contributed by atoms with Crippen LogP contribution < -0.4 is 16.0 Å². The van der Waals surface area contributed by atoms with Gasteiger partial charge in [-0.1, -0.05) is 29.0 Å². The SMILES string of the molecule is CNCc1ccnc(Nc2nc3c(C)cc(Nc4ccc(C)cc4)nc3s2)c1. The molecule has 0 fully saturated rings. The Kier molecular flexibility index (Phi) is 5.18. The fraction of sp³-hybridized carbons (Fsp3) is 0.190. The molecule has 4 rings (SSSR count). The molecule has 3 aromatic heterocycles. The van der Waals surface area contributed by atoms with Crippen LogP contribution in [0.3, 0.4) is 0 Å². The van der Waals surface area contributed by atoms with Gasteiger partial charge in [-0.05, 0) is 62.4 Å². The van der Waals surface area contributed by atoms with Crippen molar-refractivity contribution in [1.29, 1.82) is 0 Å². The maximum Gasteiger partial charge on any atom is 0.190 e. The van der Waals surface area contributed by atoms with Crippen LogP contribution in [-0.2, 0) is 6.54 Å². The van der Waals surface area contributed by atoms with Gasteiger partial charge in [-0.2, -0.15) is 0 Å². The van der Waals surface area contributed by atoms with Gasteiger partial charge in [-0.15, -0.1) is 0 Å². The van der Waals surface area contributed by atoms with Crippen LogP contribution in [0, 0.1) is 13.8 Å². The van der Waals surface area contributed by atoms with Gasteiger partial charge >= 0.3 is 0 Å². The summed E-state index contributed by atoms with van der Waals surface area (Å²) in [6.45, 7) is 4.93. The number of pyridine rings is 2. The van der Waals surface area contributed by atoms with Gasteiger partial charge in [-0.3, -0.25) is 0 Å². The molecule has 1 aromatic carbocycles. The molecule has 0 aliphatic rings. The summed E-state index contributed by atoms with van der Waals surface area (Å²) in [5, 5.41) is 10.6. The first-order valence-electron chi connectivity index (χ1n) is 9.09. The fourth-order valence-corrected chi connectivity index (χ4v) is 3.85. The number of benzene rings is 1. The molecule has 4 aromatic rings. The predicted molar refractivity (Wildman–Crippen MR) is 117 cm³/mol. The minimum atomic E-state index is 0.780. The molecule has 0 aliphatic carbocycles. The standard InChI is InChI=1S/C21H22N6S/c1-13-4-6-16(7-5-13)24-18-10-14(2)19-20(25-18)28-21(27-19)26-17-11-15(12-22-3)8-9-23-17/h4-11,22H,12H2,1-3H3,(H,24,25)(H,23,26,27). The summed E-state index contributed by atoms with van der Waals surface area (Å²) in [4.78, 5) is 14.7. The molecule has 0 amide bonds. The van der Waals surface area contributed by atoms with Crippen molar-refractivity contribution in [3.05, 3.63) is 65.4 Å². The topological polar surface area (TPSA) is 74.8 Å². The molecule has 0 aliphatic heterocycles. The highest BCUT2D eigenvalue weighted by Gasteiger charge is 2.11. The second-order valence-electron chi connectivity index (χ2n) is 6.69. The van der Waals surface area contributed by atoms with Crippen molar-refractivity contribution < 1.29 is 0 Å². The van der Waals surface area contributed by atoms with Gasteiger partial charge in [0.1, 0.15) is 22.0 Å². The first kappa shape index (κ1) is 18.3. The summed E-state index contributed by atoms with van der Waals surface area (Å²) in [5.41, 5.74) is 5.41. The minimum absolute atomic E-state index is 0.780. The molecule has 0 saturated heterocycles. The van der Waals surface area contributed by atoms with Crippen molar-refractivity contribution in [2.24, 2.45) is 0 Å². The molecule has 6 nitrogen and oxygen atoms in total. The van der Waals surface area contributed by atoms with Gasteiger partial charge in [0.25, 0.3) is 0 Å². The first-order chi connectivity index (χ1) is 13.6. The van der Waals surface area contributed by atoms with E-state index in [4.69, 9.17) is 9.97 Å². The zero-order chi connectivity index (χ0) is 19.5. The summed E-state index contributed by atoms with van der Waals surface area (Å²) in [6, 6.07) is 14.3. The van der Waals surface area contributed by atoms with Gasteiger partial charge in [0.15, 0.2) is 5.13 Å². The van der Waals surface area contributed by atoms with E-state index >= 15 is 0 Å². The highest BCUT2D eigenvalue weighted by Crippen LogP contribution is 2.30. The van der Waals surface area contributed by atoms with Crippen molar-refractivity contribution in [2.75, 3.05) is 17.7 Å². The number of anilines is 4. The summed E-state index contributed by atoms with van der Waals surface area (Å²) >= 11 is 1.52. The number of fused-ring (bicyclic) bond motifs is 1. The maximum absolute atomic E-state index is 4.74. The average Bonchev–Trinajstić information content (AvgIpc) is 3.07. The van der Waals surface area contributed by atoms with Crippen LogP contribution in [0.2, 0.25) is 0 Å². The number of hydrogen-bond acceptors (Lipinski definition) is 7. The second-order valence-corrected chi connectivity index (χ2v) is 7.67. The zero-order valence-electron chi connectivity index (χ0n) is 16.1. The van der Waals surface area contributed by atoms with Gasteiger partial charge < -0.3 is 16.0 Å². The molecule has 0 saturated carbocycles. The van der Waals surface area contributed by atoms with Crippen LogP contribution in [0.1, 0.15) is 16.7 Å². The van der Waals surface area contributed by atoms with Crippen LogP contribution in [0.25, 0.3) is 10.3 Å². The Balaban J connectivity index is 1.59. The van der Waals surface area contributed by atoms with Crippen molar-refractivity contribution in [3.63, 3.8) is 0 Å². The monoisotopic (exact) mass is 390 g/mol. The molecular weight excluding hydrogens is 368 g/mol. The van der Waals surface area contributed by atoms with Gasteiger partial charge in [0.2, 0.25) is 0 Å². The quantitative estimate of drug-likeness (QED) is 0.434. The lowest BCUT2D eigenvalue weighted by molar-refractivity contribution is 0.816. The van der Waals surface area contributed by atoms with E-state index in [1.165, 1.54) is 22.5 Å². The summed E-state index contributed by atoms with van der Waals surface area (Å²) < 4.78 is 0. The Hall–Kier alpha value is -3.03. The van der Waals surface area contributed by atoms with Crippen LogP contribution in [0.4, 0.5) is 22.5 Å². The minimum Gasteiger partial charge on any atom is -0.340 e. The predicted octanol–water partition coefficient (Wildman–Crippen LogP) is 4.91. The Morgan fingerprint density at radius 1 is 0.929 bits per heavy atom. The molecule has 0 spiro atoms. The third-order valence-corrected chi connectivity index (χ3v) is 5.19. The van der Waals surface area contributed by atoms with Crippen LogP contribution in [0.5, 0.6) is 0 Å². The molecule has 142 valence electrons. The van der Waals surface area contributed by atoms with E-state index < -0.39 is 0 Å². The third kappa shape index (κ3) is 4.11. The lowest BCUT2D eigenvalue weighted by Crippen LogP contribution is -2.05. The first-order valence-corrected chi connectivity index (χ1v) is 9.91. The number of rotatable bonds is 6.